The maximum absolute atomic E-state index is 9.81. The zero-order valence-corrected chi connectivity index (χ0v) is 6.20. The van der Waals surface area contributed by atoms with Crippen molar-refractivity contribution in [2.75, 3.05) is 13.1 Å². The lowest BCUT2D eigenvalue weighted by molar-refractivity contribution is -0.135. The molecule has 2 N–H and O–H groups in total. The first-order chi connectivity index (χ1) is 3.77. The SMILES string of the molecule is CCCNCC(=O)O.Cl. The molecule has 0 aromatic rings. The minimum atomic E-state index is -0.793. The molecule has 0 unspecified atom stereocenters. The van der Waals surface area contributed by atoms with Crippen LogP contribution in [0.2, 0.25) is 0 Å². The number of nitrogens with one attached hydrogen (secondary N) is 1. The first-order valence-corrected chi connectivity index (χ1v) is 2.70. The van der Waals surface area contributed by atoms with Gasteiger partial charge in [0.05, 0.1) is 6.54 Å². The number of carbonyl (C=O) groups is 1. The zero-order valence-electron chi connectivity index (χ0n) is 5.39. The molecule has 0 heterocycles. The largest absolute Gasteiger partial charge is 0.480 e. The molecule has 4 heteroatoms. The molecular weight excluding hydrogens is 142 g/mol. The van der Waals surface area contributed by atoms with Crippen molar-refractivity contribution >= 4 is 18.4 Å². The highest BCUT2D eigenvalue weighted by atomic mass is 35.5. The minimum absolute atomic E-state index is 0. The standard InChI is InChI=1S/C5H11NO2.ClH/c1-2-3-6-4-5(7)8;/h6H,2-4H2,1H3,(H,7,8);1H. The van der Waals surface area contributed by atoms with Crippen molar-refractivity contribution in [2.45, 2.75) is 13.3 Å². The van der Waals surface area contributed by atoms with Crippen molar-refractivity contribution < 1.29 is 9.90 Å². The normalized spacial score (nSPS) is 8.11. The highest BCUT2D eigenvalue weighted by molar-refractivity contribution is 5.85. The Bertz CT molecular complexity index is 77.4. The van der Waals surface area contributed by atoms with E-state index in [2.05, 4.69) is 5.32 Å². The summed E-state index contributed by atoms with van der Waals surface area (Å²) in [5.41, 5.74) is 0. The molecule has 9 heavy (non-hydrogen) atoms. The molecule has 0 bridgehead atoms. The van der Waals surface area contributed by atoms with Crippen molar-refractivity contribution in [3.8, 4) is 0 Å². The van der Waals surface area contributed by atoms with Crippen LogP contribution < -0.4 is 5.32 Å². The maximum atomic E-state index is 9.81. The quantitative estimate of drug-likeness (QED) is 0.578. The molecular formula is C5H12ClNO2. The molecule has 56 valence electrons. The molecule has 0 aromatic carbocycles. The van der Waals surface area contributed by atoms with E-state index in [-0.39, 0.29) is 19.0 Å². The van der Waals surface area contributed by atoms with Crippen LogP contribution in [0.5, 0.6) is 0 Å². The van der Waals surface area contributed by atoms with Gasteiger partial charge in [-0.15, -0.1) is 12.4 Å². The van der Waals surface area contributed by atoms with Gasteiger partial charge in [0.15, 0.2) is 0 Å². The van der Waals surface area contributed by atoms with E-state index in [1.807, 2.05) is 6.92 Å². The van der Waals surface area contributed by atoms with E-state index in [1.165, 1.54) is 0 Å². The second kappa shape index (κ2) is 7.72. The monoisotopic (exact) mass is 153 g/mol. The Labute approximate surface area is 60.9 Å². The number of carboxylic acid groups (broad SMARTS) is 1. The van der Waals surface area contributed by atoms with E-state index in [9.17, 15) is 4.79 Å². The number of hydrogen-bond acceptors (Lipinski definition) is 2. The van der Waals surface area contributed by atoms with Gasteiger partial charge in [-0.2, -0.15) is 0 Å². The highest BCUT2D eigenvalue weighted by Gasteiger charge is 1.90. The van der Waals surface area contributed by atoms with E-state index < -0.39 is 5.97 Å². The maximum Gasteiger partial charge on any atom is 0.317 e. The summed E-state index contributed by atoms with van der Waals surface area (Å²) in [5.74, 6) is -0.793. The van der Waals surface area contributed by atoms with Crippen LogP contribution in [0.25, 0.3) is 0 Å². The average molecular weight is 154 g/mol. The molecule has 0 aliphatic heterocycles. The smallest absolute Gasteiger partial charge is 0.317 e. The lowest BCUT2D eigenvalue weighted by Crippen LogP contribution is -2.22. The fourth-order valence-corrected chi connectivity index (χ4v) is 0.372. The summed E-state index contributed by atoms with van der Waals surface area (Å²) >= 11 is 0. The number of aliphatic carboxylic acids is 1. The summed E-state index contributed by atoms with van der Waals surface area (Å²) in [5, 5.41) is 10.8. The van der Waals surface area contributed by atoms with E-state index in [4.69, 9.17) is 5.11 Å². The van der Waals surface area contributed by atoms with Gasteiger partial charge in [0.2, 0.25) is 0 Å². The number of hydrogen-bond donors (Lipinski definition) is 2. The van der Waals surface area contributed by atoms with E-state index in [0.29, 0.717) is 0 Å². The van der Waals surface area contributed by atoms with Gasteiger partial charge in [-0.3, -0.25) is 4.79 Å². The van der Waals surface area contributed by atoms with Gasteiger partial charge in [-0.25, -0.2) is 0 Å². The molecule has 0 amide bonds. The third-order valence-corrected chi connectivity index (χ3v) is 0.703. The number of carboxylic acids is 1. The van der Waals surface area contributed by atoms with Gasteiger partial charge in [0, 0.05) is 0 Å². The Balaban J connectivity index is 0. The van der Waals surface area contributed by atoms with Crippen LogP contribution in [0.4, 0.5) is 0 Å². The molecule has 0 atom stereocenters. The number of halogens is 1. The molecule has 0 radical (unpaired) electrons. The van der Waals surface area contributed by atoms with Gasteiger partial charge < -0.3 is 10.4 Å². The molecule has 3 nitrogen and oxygen atoms in total. The fraction of sp³-hybridized carbons (Fsp3) is 0.800. The van der Waals surface area contributed by atoms with Crippen molar-refractivity contribution in [1.82, 2.24) is 5.32 Å². The van der Waals surface area contributed by atoms with Crippen LogP contribution in [0.1, 0.15) is 13.3 Å². The zero-order chi connectivity index (χ0) is 6.41. The Morgan fingerprint density at radius 2 is 2.22 bits per heavy atom. The molecule has 0 saturated carbocycles. The molecule has 0 spiro atoms. The Kier molecular flexibility index (Phi) is 9.87. The average Bonchev–Trinajstić information content (AvgIpc) is 1.66. The van der Waals surface area contributed by atoms with E-state index >= 15 is 0 Å². The Hall–Kier alpha value is -0.280. The van der Waals surface area contributed by atoms with Crippen molar-refractivity contribution in [2.24, 2.45) is 0 Å². The predicted octanol–water partition coefficient (Wildman–Crippen LogP) is 0.492. The molecule has 0 fully saturated rings. The summed E-state index contributed by atoms with van der Waals surface area (Å²) in [7, 11) is 0. The predicted molar refractivity (Wildman–Crippen MR) is 38.0 cm³/mol. The van der Waals surface area contributed by atoms with Crippen LogP contribution in [-0.2, 0) is 4.79 Å². The summed E-state index contributed by atoms with van der Waals surface area (Å²) < 4.78 is 0. The molecule has 0 rings (SSSR count). The molecule has 0 aliphatic carbocycles. The minimum Gasteiger partial charge on any atom is -0.480 e. The highest BCUT2D eigenvalue weighted by Crippen LogP contribution is 1.67. The Morgan fingerprint density at radius 1 is 1.67 bits per heavy atom. The van der Waals surface area contributed by atoms with Gasteiger partial charge in [-0.1, -0.05) is 6.92 Å². The van der Waals surface area contributed by atoms with Crippen LogP contribution in [0.15, 0.2) is 0 Å². The second-order valence-corrected chi connectivity index (χ2v) is 1.57. The lowest BCUT2D eigenvalue weighted by Gasteiger charge is -1.94. The van der Waals surface area contributed by atoms with Crippen LogP contribution >= 0.6 is 12.4 Å². The first kappa shape index (κ1) is 11.5. The van der Waals surface area contributed by atoms with Crippen molar-refractivity contribution in [3.63, 3.8) is 0 Å². The van der Waals surface area contributed by atoms with Crippen LogP contribution in [0.3, 0.4) is 0 Å². The summed E-state index contributed by atoms with van der Waals surface area (Å²) in [4.78, 5) is 9.81. The van der Waals surface area contributed by atoms with Gasteiger partial charge in [0.25, 0.3) is 0 Å². The summed E-state index contributed by atoms with van der Waals surface area (Å²) in [6, 6.07) is 0. The summed E-state index contributed by atoms with van der Waals surface area (Å²) in [6.45, 7) is 2.86. The Morgan fingerprint density at radius 3 is 2.56 bits per heavy atom. The topological polar surface area (TPSA) is 49.3 Å². The van der Waals surface area contributed by atoms with Crippen molar-refractivity contribution in [1.29, 1.82) is 0 Å². The fourth-order valence-electron chi connectivity index (χ4n) is 0.372. The van der Waals surface area contributed by atoms with Gasteiger partial charge in [-0.05, 0) is 13.0 Å². The number of rotatable bonds is 4. The van der Waals surface area contributed by atoms with Crippen molar-refractivity contribution in [3.05, 3.63) is 0 Å². The molecule has 0 saturated heterocycles. The molecule has 0 aliphatic rings. The van der Waals surface area contributed by atoms with Crippen LogP contribution in [0, 0.1) is 0 Å². The van der Waals surface area contributed by atoms with Gasteiger partial charge >= 0.3 is 5.97 Å². The summed E-state index contributed by atoms with van der Waals surface area (Å²) in [6.07, 6.45) is 0.979. The second-order valence-electron chi connectivity index (χ2n) is 1.57. The van der Waals surface area contributed by atoms with Crippen LogP contribution in [-0.4, -0.2) is 24.2 Å². The first-order valence-electron chi connectivity index (χ1n) is 2.70. The third-order valence-electron chi connectivity index (χ3n) is 0.703. The molecule has 0 aromatic heterocycles. The lowest BCUT2D eigenvalue weighted by atomic mass is 10.5. The van der Waals surface area contributed by atoms with Gasteiger partial charge in [0.1, 0.15) is 0 Å². The van der Waals surface area contributed by atoms with E-state index in [0.717, 1.165) is 13.0 Å². The third kappa shape index (κ3) is 11.3. The van der Waals surface area contributed by atoms with E-state index in [1.54, 1.807) is 0 Å².